The summed E-state index contributed by atoms with van der Waals surface area (Å²) in [5, 5.41) is 0. The summed E-state index contributed by atoms with van der Waals surface area (Å²) in [6.07, 6.45) is -0.267. The lowest BCUT2D eigenvalue weighted by Gasteiger charge is -2.27. The number of hydrogen-bond donors (Lipinski definition) is 0. The van der Waals surface area contributed by atoms with Gasteiger partial charge in [-0.2, -0.15) is 8.42 Å². The van der Waals surface area contributed by atoms with Crippen molar-refractivity contribution in [1.82, 2.24) is 9.80 Å². The smallest absolute Gasteiger partial charge is 0.410 e. The van der Waals surface area contributed by atoms with E-state index in [9.17, 15) is 21.9 Å². The molecule has 0 aromatic carbocycles. The van der Waals surface area contributed by atoms with Crippen molar-refractivity contribution < 1.29 is 26.6 Å². The molecule has 3 fully saturated rings. The van der Waals surface area contributed by atoms with E-state index in [4.69, 9.17) is 4.74 Å². The molecule has 0 aromatic heterocycles. The first-order chi connectivity index (χ1) is 10.9. The van der Waals surface area contributed by atoms with Gasteiger partial charge in [-0.1, -0.05) is 0 Å². The fourth-order valence-corrected chi connectivity index (χ4v) is 4.71. The summed E-state index contributed by atoms with van der Waals surface area (Å²) < 4.78 is 39.7. The molecule has 0 aromatic rings. The lowest BCUT2D eigenvalue weighted by molar-refractivity contribution is -0.128. The van der Waals surface area contributed by atoms with Gasteiger partial charge in [0.1, 0.15) is 5.60 Å². The monoisotopic (exact) mass is 362 g/mol. The molecule has 1 saturated carbocycles. The first kappa shape index (κ1) is 17.4. The van der Waals surface area contributed by atoms with E-state index < -0.39 is 27.5 Å². The molecule has 24 heavy (non-hydrogen) atoms. The van der Waals surface area contributed by atoms with Crippen LogP contribution in [0.1, 0.15) is 27.2 Å². The minimum Gasteiger partial charge on any atom is -0.444 e. The summed E-state index contributed by atoms with van der Waals surface area (Å²) in [6.45, 7) is 6.80. The van der Waals surface area contributed by atoms with Crippen molar-refractivity contribution in [1.29, 1.82) is 0 Å². The van der Waals surface area contributed by atoms with Crippen LogP contribution >= 0.6 is 0 Å². The largest absolute Gasteiger partial charge is 0.444 e. The number of carbonyl (C=O) groups is 2. The molecule has 1 aliphatic carbocycles. The highest BCUT2D eigenvalue weighted by Crippen LogP contribution is 2.50. The average molecular weight is 362 g/mol. The summed E-state index contributed by atoms with van der Waals surface area (Å²) >= 11 is 0. The predicted molar refractivity (Wildman–Crippen MR) is 83.3 cm³/mol. The normalized spacial score (nSPS) is 32.9. The topological polar surface area (TPSA) is 84.0 Å². The summed E-state index contributed by atoms with van der Waals surface area (Å²) in [6, 6.07) is 0.0449. The Morgan fingerprint density at radius 2 is 1.83 bits per heavy atom. The molecule has 4 atom stereocenters. The minimum atomic E-state index is -4.56. The van der Waals surface area contributed by atoms with Crippen LogP contribution in [0.4, 0.5) is 8.68 Å². The van der Waals surface area contributed by atoms with Crippen LogP contribution in [0, 0.1) is 17.8 Å². The molecule has 2 heterocycles. The number of fused-ring (bicyclic) bond motifs is 1. The molecule has 2 unspecified atom stereocenters. The summed E-state index contributed by atoms with van der Waals surface area (Å²) in [5.41, 5.74) is -0.542. The van der Waals surface area contributed by atoms with E-state index in [0.29, 0.717) is 13.1 Å². The van der Waals surface area contributed by atoms with E-state index in [1.165, 1.54) is 0 Å². The van der Waals surface area contributed by atoms with Crippen LogP contribution in [0.3, 0.4) is 0 Å². The number of halogens is 1. The predicted octanol–water partition coefficient (Wildman–Crippen LogP) is 0.999. The zero-order chi connectivity index (χ0) is 17.9. The van der Waals surface area contributed by atoms with Crippen LogP contribution in [0.5, 0.6) is 0 Å². The van der Waals surface area contributed by atoms with Crippen LogP contribution in [0.25, 0.3) is 0 Å². The molecule has 3 aliphatic rings. The van der Waals surface area contributed by atoms with E-state index in [0.717, 1.165) is 0 Å². The van der Waals surface area contributed by atoms with Gasteiger partial charge in [-0.3, -0.25) is 4.79 Å². The maximum absolute atomic E-state index is 12.8. The fraction of sp³-hybridized carbons (Fsp3) is 0.867. The van der Waals surface area contributed by atoms with Crippen molar-refractivity contribution >= 4 is 22.2 Å². The SMILES string of the molecule is CC(C)(C)OC(=O)N1C[C@@H]2C(N3CC(CS(=O)(=O)F)CC3=O)[C@@H]2C1. The number of hydrogen-bond acceptors (Lipinski definition) is 5. The first-order valence-electron chi connectivity index (χ1n) is 8.14. The third-order valence-corrected chi connectivity index (χ3v) is 5.70. The second-order valence-corrected chi connectivity index (χ2v) is 9.44. The molecular formula is C15H23FN2O5S. The highest BCUT2D eigenvalue weighted by Gasteiger charge is 2.61. The average Bonchev–Trinajstić information content (AvgIpc) is 2.74. The summed E-state index contributed by atoms with van der Waals surface area (Å²) in [7, 11) is -4.56. The second-order valence-electron chi connectivity index (χ2n) is 8.03. The zero-order valence-corrected chi connectivity index (χ0v) is 14.9. The third kappa shape index (κ3) is 3.65. The summed E-state index contributed by atoms with van der Waals surface area (Å²) in [5.74, 6) is -0.770. The number of likely N-dealkylation sites (tertiary alicyclic amines) is 2. The van der Waals surface area contributed by atoms with E-state index in [1.807, 2.05) is 20.8 Å². The quantitative estimate of drug-likeness (QED) is 0.700. The molecule has 7 nitrogen and oxygen atoms in total. The number of carbonyl (C=O) groups excluding carboxylic acids is 2. The van der Waals surface area contributed by atoms with Crippen LogP contribution in [0.2, 0.25) is 0 Å². The Labute approximate surface area is 141 Å². The number of nitrogens with zero attached hydrogens (tertiary/aromatic N) is 2. The van der Waals surface area contributed by atoms with Crippen molar-refractivity contribution in [2.45, 2.75) is 38.8 Å². The first-order valence-corrected chi connectivity index (χ1v) is 9.69. The van der Waals surface area contributed by atoms with Crippen LogP contribution in [-0.2, 0) is 19.8 Å². The third-order valence-electron chi connectivity index (χ3n) is 4.83. The van der Waals surface area contributed by atoms with Crippen LogP contribution in [-0.4, -0.2) is 67.2 Å². The van der Waals surface area contributed by atoms with Gasteiger partial charge in [0.2, 0.25) is 5.91 Å². The van der Waals surface area contributed by atoms with E-state index in [1.54, 1.807) is 9.80 Å². The maximum Gasteiger partial charge on any atom is 0.410 e. The standard InChI is InChI=1S/C15H23FN2O5S/c1-15(2,3)23-14(20)17-6-10-11(7-17)13(10)18-5-9(4-12(18)19)8-24(16,21)22/h9-11,13H,4-8H2,1-3H3/t9?,10-,11+,13?. The van der Waals surface area contributed by atoms with Gasteiger partial charge in [0.25, 0.3) is 0 Å². The molecule has 2 saturated heterocycles. The van der Waals surface area contributed by atoms with Gasteiger partial charge in [-0.25, -0.2) is 4.79 Å². The highest BCUT2D eigenvalue weighted by molar-refractivity contribution is 7.86. The Morgan fingerprint density at radius 1 is 1.25 bits per heavy atom. The Kier molecular flexibility index (Phi) is 4.05. The lowest BCUT2D eigenvalue weighted by Crippen LogP contribution is -2.40. The molecule has 0 radical (unpaired) electrons. The minimum absolute atomic E-state index is 0.0449. The molecule has 2 aliphatic heterocycles. The molecule has 0 bridgehead atoms. The van der Waals surface area contributed by atoms with E-state index in [2.05, 4.69) is 0 Å². The van der Waals surface area contributed by atoms with Gasteiger partial charge < -0.3 is 14.5 Å². The maximum atomic E-state index is 12.8. The molecule has 3 rings (SSSR count). The number of ether oxygens (including phenoxy) is 1. The Morgan fingerprint density at radius 3 is 2.33 bits per heavy atom. The lowest BCUT2D eigenvalue weighted by atomic mass is 10.1. The molecule has 136 valence electrons. The van der Waals surface area contributed by atoms with Gasteiger partial charge in [-0.15, -0.1) is 3.89 Å². The van der Waals surface area contributed by atoms with Gasteiger partial charge in [0.05, 0.1) is 5.75 Å². The molecule has 0 spiro atoms. The molecule has 2 amide bonds. The number of amides is 2. The van der Waals surface area contributed by atoms with E-state index >= 15 is 0 Å². The van der Waals surface area contributed by atoms with E-state index in [-0.39, 0.29) is 42.8 Å². The zero-order valence-electron chi connectivity index (χ0n) is 14.1. The van der Waals surface area contributed by atoms with Gasteiger partial charge in [0, 0.05) is 49.9 Å². The fourth-order valence-electron chi connectivity index (χ4n) is 3.92. The molecule has 0 N–H and O–H groups in total. The number of rotatable bonds is 3. The summed E-state index contributed by atoms with van der Waals surface area (Å²) in [4.78, 5) is 27.5. The van der Waals surface area contributed by atoms with Crippen molar-refractivity contribution in [2.24, 2.45) is 17.8 Å². The van der Waals surface area contributed by atoms with Crippen molar-refractivity contribution in [3.63, 3.8) is 0 Å². The molecule has 9 heteroatoms. The second kappa shape index (κ2) is 5.57. The Balaban J connectivity index is 1.53. The van der Waals surface area contributed by atoms with Crippen LogP contribution in [0.15, 0.2) is 0 Å². The van der Waals surface area contributed by atoms with Crippen LogP contribution < -0.4 is 0 Å². The number of piperidine rings is 1. The van der Waals surface area contributed by atoms with Crippen molar-refractivity contribution in [3.8, 4) is 0 Å². The molecular weight excluding hydrogens is 339 g/mol. The Hall–Kier alpha value is -1.38. The van der Waals surface area contributed by atoms with Crippen molar-refractivity contribution in [3.05, 3.63) is 0 Å². The van der Waals surface area contributed by atoms with Crippen molar-refractivity contribution in [2.75, 3.05) is 25.4 Å². The van der Waals surface area contributed by atoms with Gasteiger partial charge >= 0.3 is 16.3 Å². The Bertz CT molecular complexity index is 647. The van der Waals surface area contributed by atoms with Gasteiger partial charge in [-0.05, 0) is 20.8 Å². The van der Waals surface area contributed by atoms with Gasteiger partial charge in [0.15, 0.2) is 0 Å². The highest BCUT2D eigenvalue weighted by atomic mass is 32.3.